The summed E-state index contributed by atoms with van der Waals surface area (Å²) in [4.78, 5) is 61.0. The summed E-state index contributed by atoms with van der Waals surface area (Å²) < 4.78 is 4.52. The maximum absolute atomic E-state index is 13.6. The molecular weight excluding hydrogens is 701 g/mol. The number of para-hydroxylation sites is 2. The van der Waals surface area contributed by atoms with Gasteiger partial charge in [-0.05, 0) is 82.3 Å². The number of carbonyl (C=O) groups excluding carboxylic acids is 4. The van der Waals surface area contributed by atoms with E-state index in [1.807, 2.05) is 36.7 Å². The number of aromatic nitrogens is 4. The van der Waals surface area contributed by atoms with Gasteiger partial charge in [-0.3, -0.25) is 29.8 Å². The number of fused-ring (bicyclic) bond motifs is 2. The monoisotopic (exact) mass is 736 g/mol. The topological polar surface area (TPSA) is 134 Å². The molecule has 4 amide bonds. The van der Waals surface area contributed by atoms with Crippen LogP contribution in [0.3, 0.4) is 0 Å². The van der Waals surface area contributed by atoms with Crippen LogP contribution >= 0.6 is 0 Å². The maximum atomic E-state index is 13.6. The lowest BCUT2D eigenvalue weighted by Gasteiger charge is -2.20. The molecule has 10 nitrogen and oxygen atoms in total. The summed E-state index contributed by atoms with van der Waals surface area (Å²) in [6.45, 7) is 1.73. The largest absolute Gasteiger partial charge is 0.361 e. The van der Waals surface area contributed by atoms with Gasteiger partial charge in [-0.1, -0.05) is 60.7 Å². The van der Waals surface area contributed by atoms with Crippen LogP contribution in [-0.2, 0) is 45.1 Å². The molecule has 56 heavy (non-hydrogen) atoms. The standard InChI is InChI=1S/C46H36N6O4/c53-43-37(31-19-47-35-11-2-1-8-26(31)35)40(46(56)49-43)34-22-52-17-5-10-28-25(14-15-30(34)42(28)52)24-12-13-27-32(20-48-36(27)18-24)38-39(45(55)50-44(38)54)33-21-51-16-4-7-23-6-3-9-29(33)41(23)51/h1-3,6,8-9,11-15,18-22,37-40,47-48H,4-5,7,10,16-17H2,(H,49,53,56)(H,50,54,55)/t37-,38+,39-,40-/m0/s1. The molecule has 0 aliphatic carbocycles. The zero-order chi connectivity index (χ0) is 37.4. The molecule has 8 heterocycles. The minimum absolute atomic E-state index is 0.253. The van der Waals surface area contributed by atoms with Crippen LogP contribution in [0.25, 0.3) is 54.7 Å². The maximum Gasteiger partial charge on any atom is 0.235 e. The van der Waals surface area contributed by atoms with Crippen LogP contribution in [0.1, 0.15) is 69.9 Å². The molecule has 2 fully saturated rings. The quantitative estimate of drug-likeness (QED) is 0.140. The van der Waals surface area contributed by atoms with Gasteiger partial charge in [0.15, 0.2) is 0 Å². The van der Waals surface area contributed by atoms with E-state index in [1.165, 1.54) is 16.6 Å². The van der Waals surface area contributed by atoms with Crippen molar-refractivity contribution in [2.24, 2.45) is 0 Å². The first-order valence-electron chi connectivity index (χ1n) is 19.5. The summed E-state index contributed by atoms with van der Waals surface area (Å²) in [7, 11) is 0. The fraction of sp³-hybridized carbons (Fsp3) is 0.217. The second-order valence-corrected chi connectivity index (χ2v) is 16.0. The number of amides is 4. The molecule has 4 atom stereocenters. The van der Waals surface area contributed by atoms with E-state index in [0.29, 0.717) is 0 Å². The van der Waals surface area contributed by atoms with Crippen molar-refractivity contribution < 1.29 is 19.2 Å². The second kappa shape index (κ2) is 11.4. The normalized spacial score (nSPS) is 21.9. The van der Waals surface area contributed by atoms with Gasteiger partial charge >= 0.3 is 0 Å². The highest BCUT2D eigenvalue weighted by Crippen LogP contribution is 2.48. The molecule has 4 aromatic heterocycles. The summed E-state index contributed by atoms with van der Waals surface area (Å²) in [5.74, 6) is -3.63. The van der Waals surface area contributed by atoms with Gasteiger partial charge in [-0.25, -0.2) is 0 Å². The molecule has 10 heteroatoms. The van der Waals surface area contributed by atoms with E-state index >= 15 is 0 Å². The lowest BCUT2D eigenvalue weighted by atomic mass is 9.82. The molecular formula is C46H36N6O4. The van der Waals surface area contributed by atoms with E-state index in [1.54, 1.807) is 0 Å². The summed E-state index contributed by atoms with van der Waals surface area (Å²) >= 11 is 0. The van der Waals surface area contributed by atoms with Crippen LogP contribution < -0.4 is 10.6 Å². The zero-order valence-electron chi connectivity index (χ0n) is 30.3. The highest BCUT2D eigenvalue weighted by Gasteiger charge is 2.47. The molecule has 0 radical (unpaired) electrons. The van der Waals surface area contributed by atoms with Crippen molar-refractivity contribution in [3.05, 3.63) is 131 Å². The van der Waals surface area contributed by atoms with Crippen LogP contribution in [0.2, 0.25) is 0 Å². The number of hydrogen-bond donors (Lipinski definition) is 4. The van der Waals surface area contributed by atoms with Gasteiger partial charge in [0, 0.05) is 70.5 Å². The Bertz CT molecular complexity index is 3070. The molecule has 0 spiro atoms. The fourth-order valence-corrected chi connectivity index (χ4v) is 10.8. The van der Waals surface area contributed by atoms with E-state index in [9.17, 15) is 19.2 Å². The van der Waals surface area contributed by atoms with E-state index in [4.69, 9.17) is 0 Å². The minimum Gasteiger partial charge on any atom is -0.361 e. The number of rotatable bonds is 5. The van der Waals surface area contributed by atoms with Crippen molar-refractivity contribution in [2.45, 2.75) is 62.4 Å². The molecule has 4 aliphatic rings. The Morgan fingerprint density at radius 1 is 0.518 bits per heavy atom. The molecule has 8 aromatic rings. The lowest BCUT2D eigenvalue weighted by Crippen LogP contribution is -2.21. The Hall–Kier alpha value is -6.68. The average Bonchev–Trinajstić information content (AvgIpc) is 4.06. The van der Waals surface area contributed by atoms with Crippen molar-refractivity contribution in [3.8, 4) is 11.1 Å². The molecule has 0 unspecified atom stereocenters. The Morgan fingerprint density at radius 3 is 1.82 bits per heavy atom. The van der Waals surface area contributed by atoms with Gasteiger partial charge in [-0.2, -0.15) is 0 Å². The first kappa shape index (κ1) is 31.6. The second-order valence-electron chi connectivity index (χ2n) is 16.0. The first-order valence-corrected chi connectivity index (χ1v) is 19.5. The predicted molar refractivity (Wildman–Crippen MR) is 213 cm³/mol. The Kier molecular flexibility index (Phi) is 6.46. The summed E-state index contributed by atoms with van der Waals surface area (Å²) in [5, 5.41) is 9.24. The number of hydrogen-bond acceptors (Lipinski definition) is 4. The lowest BCUT2D eigenvalue weighted by molar-refractivity contribution is -0.127. The third-order valence-corrected chi connectivity index (χ3v) is 13.1. The number of nitrogens with one attached hydrogen (secondary N) is 4. The number of carbonyl (C=O) groups is 4. The molecule has 4 N–H and O–H groups in total. The highest BCUT2D eigenvalue weighted by molar-refractivity contribution is 6.14. The molecule has 274 valence electrons. The number of H-pyrrole nitrogens is 2. The number of aryl methyl sites for hydroxylation is 4. The average molecular weight is 737 g/mol. The molecule has 2 saturated heterocycles. The Labute approximate surface area is 319 Å². The number of aromatic amines is 2. The molecule has 4 aliphatic heterocycles. The van der Waals surface area contributed by atoms with Gasteiger partial charge in [0.25, 0.3) is 0 Å². The predicted octanol–water partition coefficient (Wildman–Crippen LogP) is 7.17. The van der Waals surface area contributed by atoms with E-state index in [-0.39, 0.29) is 23.6 Å². The fourth-order valence-electron chi connectivity index (χ4n) is 10.8. The smallest absolute Gasteiger partial charge is 0.235 e. The highest BCUT2D eigenvalue weighted by atomic mass is 16.2. The van der Waals surface area contributed by atoms with Crippen molar-refractivity contribution in [1.82, 2.24) is 29.7 Å². The molecule has 4 aromatic carbocycles. The summed E-state index contributed by atoms with van der Waals surface area (Å²) in [6.07, 6.45) is 11.9. The van der Waals surface area contributed by atoms with Gasteiger partial charge in [0.05, 0.1) is 34.7 Å². The molecule has 12 rings (SSSR count). The van der Waals surface area contributed by atoms with Crippen LogP contribution in [0.15, 0.2) is 97.6 Å². The number of benzene rings is 4. The molecule has 0 bridgehead atoms. The van der Waals surface area contributed by atoms with Crippen LogP contribution in [0.4, 0.5) is 0 Å². The van der Waals surface area contributed by atoms with Crippen LogP contribution in [0.5, 0.6) is 0 Å². The summed E-state index contributed by atoms with van der Waals surface area (Å²) in [5.41, 5.74) is 12.2. The van der Waals surface area contributed by atoms with E-state index < -0.39 is 23.7 Å². The van der Waals surface area contributed by atoms with Gasteiger partial charge in [-0.15, -0.1) is 0 Å². The zero-order valence-corrected chi connectivity index (χ0v) is 30.3. The third kappa shape index (κ3) is 4.26. The van der Waals surface area contributed by atoms with Gasteiger partial charge < -0.3 is 19.1 Å². The van der Waals surface area contributed by atoms with E-state index in [2.05, 4.69) is 90.7 Å². The third-order valence-electron chi connectivity index (χ3n) is 13.1. The van der Waals surface area contributed by atoms with Gasteiger partial charge in [0.2, 0.25) is 23.6 Å². The first-order chi connectivity index (χ1) is 27.4. The number of nitrogens with zero attached hydrogens (tertiary/aromatic N) is 2. The Morgan fingerprint density at radius 2 is 1.09 bits per heavy atom. The summed E-state index contributed by atoms with van der Waals surface area (Å²) in [6, 6.07) is 24.8. The van der Waals surface area contributed by atoms with Crippen LogP contribution in [-0.4, -0.2) is 42.7 Å². The van der Waals surface area contributed by atoms with Crippen molar-refractivity contribution in [3.63, 3.8) is 0 Å². The molecule has 0 saturated carbocycles. The SMILES string of the molecule is O=C1NC(=O)[C@@H](c2cn3c4c(cccc24)CCC3)[C@H]1c1c[nH]c2cc(-c3ccc4c([C@@H]5C(=O)NC(=O)[C@H]5c5c[nH]c6ccccc56)cn5c4c3CCC5)ccc12. The van der Waals surface area contributed by atoms with E-state index in [0.717, 1.165) is 110 Å². The van der Waals surface area contributed by atoms with Crippen molar-refractivity contribution >= 4 is 67.2 Å². The van der Waals surface area contributed by atoms with Crippen LogP contribution in [0, 0.1) is 0 Å². The van der Waals surface area contributed by atoms with Crippen molar-refractivity contribution in [1.29, 1.82) is 0 Å². The Balaban J connectivity index is 0.936. The number of imide groups is 2. The van der Waals surface area contributed by atoms with Crippen molar-refractivity contribution in [2.75, 3.05) is 0 Å². The minimum atomic E-state index is -0.655. The van der Waals surface area contributed by atoms with Gasteiger partial charge in [0.1, 0.15) is 0 Å².